The van der Waals surface area contributed by atoms with Crippen LogP contribution in [0.25, 0.3) is 10.9 Å². The summed E-state index contributed by atoms with van der Waals surface area (Å²) < 4.78 is 13.7. The number of imide groups is 1. The Morgan fingerprint density at radius 3 is 2.64 bits per heavy atom. The molecule has 0 radical (unpaired) electrons. The molecule has 1 aromatic heterocycles. The van der Waals surface area contributed by atoms with Crippen LogP contribution in [0.5, 0.6) is 5.75 Å². The van der Waals surface area contributed by atoms with Crippen molar-refractivity contribution in [2.45, 2.75) is 19.0 Å². The number of hydrogen-bond donors (Lipinski definition) is 2. The van der Waals surface area contributed by atoms with E-state index in [1.54, 1.807) is 22.5 Å². The lowest BCUT2D eigenvalue weighted by Gasteiger charge is -2.41. The first-order valence-electron chi connectivity index (χ1n) is 13.1. The number of carbonyl (C=O) groups is 3. The highest BCUT2D eigenvalue weighted by molar-refractivity contribution is 6.04. The van der Waals surface area contributed by atoms with Gasteiger partial charge in [0.15, 0.2) is 0 Å². The van der Waals surface area contributed by atoms with Gasteiger partial charge in [-0.1, -0.05) is 12.1 Å². The third-order valence-corrected chi connectivity index (χ3v) is 7.90. The highest BCUT2D eigenvalue weighted by atomic mass is 16.5. The molecule has 6 rings (SSSR count). The first kappa shape index (κ1) is 25.4. The normalized spacial score (nSPS) is 19.4. The van der Waals surface area contributed by atoms with Crippen molar-refractivity contribution in [3.63, 3.8) is 0 Å². The van der Waals surface area contributed by atoms with Crippen LogP contribution in [-0.4, -0.2) is 95.4 Å². The van der Waals surface area contributed by atoms with Gasteiger partial charge in [-0.2, -0.15) is 0 Å². The van der Waals surface area contributed by atoms with Crippen LogP contribution < -0.4 is 10.2 Å². The summed E-state index contributed by atoms with van der Waals surface area (Å²) in [7, 11) is 1.54. The number of likely N-dealkylation sites (N-methyl/N-ethyl adjacent to an activating group) is 1. The second kappa shape index (κ2) is 10.3. The first-order valence-corrected chi connectivity index (χ1v) is 13.1. The molecule has 11 heteroatoms. The number of benzene rings is 2. The minimum atomic E-state index is -0.576. The van der Waals surface area contributed by atoms with Crippen LogP contribution in [0.2, 0.25) is 0 Å². The Kier molecular flexibility index (Phi) is 6.71. The van der Waals surface area contributed by atoms with Gasteiger partial charge in [0.2, 0.25) is 5.91 Å². The van der Waals surface area contributed by atoms with Crippen molar-refractivity contribution in [1.82, 2.24) is 24.7 Å². The van der Waals surface area contributed by atoms with E-state index in [9.17, 15) is 14.4 Å². The molecule has 0 unspecified atom stereocenters. The number of nitrogens with one attached hydrogen (secondary N) is 1. The molecule has 0 aliphatic carbocycles. The lowest BCUT2D eigenvalue weighted by Crippen LogP contribution is -2.56. The number of carbonyl (C=O) groups excluding carboxylic acids is 3. The highest BCUT2D eigenvalue weighted by Gasteiger charge is 2.44. The van der Waals surface area contributed by atoms with Gasteiger partial charge in [0, 0.05) is 61.9 Å². The fourth-order valence-electron chi connectivity index (χ4n) is 5.81. The molecule has 39 heavy (non-hydrogen) atoms. The van der Waals surface area contributed by atoms with Crippen molar-refractivity contribution >= 4 is 28.7 Å². The SMILES string of the molecule is CN1C(=O)[C@H]2CN(Cc3c2c2cc(OCCN4CCOCC4)ccc2n3Cc2ccc(C(=O)NO)cc2)C1=O. The van der Waals surface area contributed by atoms with Crippen LogP contribution in [0.3, 0.4) is 0 Å². The van der Waals surface area contributed by atoms with Crippen molar-refractivity contribution in [2.24, 2.45) is 0 Å². The number of ether oxygens (including phenoxy) is 2. The number of fused-ring (bicyclic) bond motifs is 6. The summed E-state index contributed by atoms with van der Waals surface area (Å²) in [5.74, 6) is -0.479. The van der Waals surface area contributed by atoms with Gasteiger partial charge in [-0.3, -0.25) is 24.6 Å². The quantitative estimate of drug-likeness (QED) is 0.353. The number of urea groups is 1. The Bertz CT molecular complexity index is 1430. The average molecular weight is 534 g/mol. The minimum Gasteiger partial charge on any atom is -0.492 e. The zero-order valence-electron chi connectivity index (χ0n) is 21.8. The lowest BCUT2D eigenvalue weighted by atomic mass is 9.89. The smallest absolute Gasteiger partial charge is 0.326 e. The van der Waals surface area contributed by atoms with E-state index in [0.717, 1.165) is 66.3 Å². The first-order chi connectivity index (χ1) is 18.9. The number of hydroxylamine groups is 1. The van der Waals surface area contributed by atoms with Crippen LogP contribution in [0, 0.1) is 0 Å². The van der Waals surface area contributed by atoms with Gasteiger partial charge in [0.25, 0.3) is 5.91 Å². The van der Waals surface area contributed by atoms with Gasteiger partial charge >= 0.3 is 6.03 Å². The molecule has 2 aromatic carbocycles. The van der Waals surface area contributed by atoms with Crippen LogP contribution in [-0.2, 0) is 22.6 Å². The second-order valence-electron chi connectivity index (χ2n) is 10.2. The van der Waals surface area contributed by atoms with E-state index >= 15 is 0 Å². The Morgan fingerprint density at radius 2 is 1.90 bits per heavy atom. The van der Waals surface area contributed by atoms with E-state index in [-0.39, 0.29) is 11.9 Å². The molecular weight excluding hydrogens is 502 g/mol. The molecule has 0 spiro atoms. The maximum atomic E-state index is 13.2. The third kappa shape index (κ3) is 4.62. The summed E-state index contributed by atoms with van der Waals surface area (Å²) in [6, 6.07) is 12.7. The fourth-order valence-corrected chi connectivity index (χ4v) is 5.81. The van der Waals surface area contributed by atoms with E-state index in [0.29, 0.717) is 31.8 Å². The molecule has 2 saturated heterocycles. The molecule has 1 atom stereocenters. The Labute approximate surface area is 225 Å². The van der Waals surface area contributed by atoms with Crippen LogP contribution in [0.1, 0.15) is 33.1 Å². The van der Waals surface area contributed by atoms with E-state index < -0.39 is 11.8 Å². The summed E-state index contributed by atoms with van der Waals surface area (Å²) in [5.41, 5.74) is 5.76. The van der Waals surface area contributed by atoms with E-state index in [1.165, 1.54) is 11.9 Å². The van der Waals surface area contributed by atoms with Crippen LogP contribution in [0.15, 0.2) is 42.5 Å². The summed E-state index contributed by atoms with van der Waals surface area (Å²) in [5, 5.41) is 9.86. The minimum absolute atomic E-state index is 0.200. The molecule has 204 valence electrons. The van der Waals surface area contributed by atoms with Crippen LogP contribution >= 0.6 is 0 Å². The summed E-state index contributed by atoms with van der Waals surface area (Å²) in [6.07, 6.45) is 0. The topological polar surface area (TPSA) is 117 Å². The fraction of sp³-hybridized carbons (Fsp3) is 0.393. The van der Waals surface area contributed by atoms with Gasteiger partial charge in [-0.25, -0.2) is 10.3 Å². The largest absolute Gasteiger partial charge is 0.492 e. The molecule has 11 nitrogen and oxygen atoms in total. The predicted octanol–water partition coefficient (Wildman–Crippen LogP) is 2.01. The number of amides is 4. The van der Waals surface area contributed by atoms with Gasteiger partial charge in [0.05, 0.1) is 25.7 Å². The average Bonchev–Trinajstić information content (AvgIpc) is 3.27. The van der Waals surface area contributed by atoms with Gasteiger partial charge < -0.3 is 18.9 Å². The van der Waals surface area contributed by atoms with Crippen molar-refractivity contribution in [3.05, 3.63) is 64.8 Å². The number of aromatic nitrogens is 1. The second-order valence-corrected chi connectivity index (χ2v) is 10.2. The zero-order chi connectivity index (χ0) is 27.1. The number of rotatable bonds is 7. The third-order valence-electron chi connectivity index (χ3n) is 7.90. The molecule has 4 amide bonds. The Balaban J connectivity index is 1.35. The van der Waals surface area contributed by atoms with E-state index in [4.69, 9.17) is 14.7 Å². The van der Waals surface area contributed by atoms with E-state index in [1.807, 2.05) is 30.3 Å². The summed E-state index contributed by atoms with van der Waals surface area (Å²) in [4.78, 5) is 43.1. The van der Waals surface area contributed by atoms with Crippen molar-refractivity contribution in [1.29, 1.82) is 0 Å². The highest BCUT2D eigenvalue weighted by Crippen LogP contribution is 2.41. The Hall–Kier alpha value is -3.93. The number of nitrogens with zero attached hydrogens (tertiary/aromatic N) is 4. The van der Waals surface area contributed by atoms with Gasteiger partial charge in [-0.15, -0.1) is 0 Å². The number of morpholine rings is 1. The molecule has 3 aliphatic rings. The van der Waals surface area contributed by atoms with E-state index in [2.05, 4.69) is 9.47 Å². The van der Waals surface area contributed by atoms with Crippen LogP contribution in [0.4, 0.5) is 4.79 Å². The Morgan fingerprint density at radius 1 is 1.13 bits per heavy atom. The monoisotopic (exact) mass is 533 g/mol. The zero-order valence-corrected chi connectivity index (χ0v) is 21.8. The number of hydrogen-bond acceptors (Lipinski definition) is 7. The molecule has 4 heterocycles. The molecule has 2 fully saturated rings. The molecule has 2 N–H and O–H groups in total. The molecular formula is C28H31N5O6. The molecule has 2 bridgehead atoms. The van der Waals surface area contributed by atoms with Crippen molar-refractivity contribution in [3.8, 4) is 5.75 Å². The van der Waals surface area contributed by atoms with Gasteiger partial charge in [0.1, 0.15) is 12.4 Å². The molecule has 3 aliphatic heterocycles. The standard InChI is InChI=1S/C28H31N5O6/c1-30-27(35)22-16-32(28(30)36)17-24-25(22)21-14-20(39-13-10-31-8-11-38-12-9-31)6-7-23(21)33(24)15-18-2-4-19(5-3-18)26(34)29-37/h2-7,14,22,37H,8-13,15-17H2,1H3,(H,29,34)/t22-/m0/s1. The molecule has 0 saturated carbocycles. The maximum absolute atomic E-state index is 13.2. The van der Waals surface area contributed by atoms with Gasteiger partial charge in [-0.05, 0) is 41.5 Å². The van der Waals surface area contributed by atoms with Crippen molar-refractivity contribution in [2.75, 3.05) is 53.0 Å². The summed E-state index contributed by atoms with van der Waals surface area (Å²) in [6.45, 7) is 5.90. The molecule has 3 aromatic rings. The maximum Gasteiger partial charge on any atom is 0.326 e. The summed E-state index contributed by atoms with van der Waals surface area (Å²) >= 11 is 0. The van der Waals surface area contributed by atoms with Crippen molar-refractivity contribution < 1.29 is 29.1 Å². The predicted molar refractivity (Wildman–Crippen MR) is 141 cm³/mol. The lowest BCUT2D eigenvalue weighted by molar-refractivity contribution is -0.132.